The van der Waals surface area contributed by atoms with E-state index in [1.165, 1.54) is 19.3 Å². The maximum absolute atomic E-state index is 5.71. The molecule has 0 spiro atoms. The fourth-order valence-electron chi connectivity index (χ4n) is 0.801. The molecule has 0 nitrogen and oxygen atoms in total. The fourth-order valence-corrected chi connectivity index (χ4v) is 1.12. The van der Waals surface area contributed by atoms with E-state index < -0.39 is 0 Å². The Morgan fingerprint density at radius 3 is 2.09 bits per heavy atom. The number of hydrogen-bond donors (Lipinski definition) is 0. The number of unbranched alkanes of at least 4 members (excludes halogenated alkanes) is 3. The van der Waals surface area contributed by atoms with Gasteiger partial charge in [-0.15, -0.1) is 0 Å². The number of allylic oxidation sites excluding steroid dienone is 1. The lowest BCUT2D eigenvalue weighted by Gasteiger charge is -1.98. The number of halogens is 3. The number of rotatable bonds is 5. The summed E-state index contributed by atoms with van der Waals surface area (Å²) in [6.07, 6.45) is 5.58. The van der Waals surface area contributed by atoms with Gasteiger partial charge >= 0.3 is 0 Å². The van der Waals surface area contributed by atoms with E-state index in [2.05, 4.69) is 6.92 Å². The zero-order valence-corrected chi connectivity index (χ0v) is 8.94. The van der Waals surface area contributed by atoms with Gasteiger partial charge in [-0.25, -0.2) is 0 Å². The van der Waals surface area contributed by atoms with E-state index in [4.69, 9.17) is 34.8 Å². The lowest BCUT2D eigenvalue weighted by Crippen LogP contribution is -1.78. The second-order valence-electron chi connectivity index (χ2n) is 2.48. The first-order valence-corrected chi connectivity index (χ1v) is 5.01. The Hall–Kier alpha value is 0.610. The highest BCUT2D eigenvalue weighted by atomic mass is 35.5. The molecule has 0 unspecified atom stereocenters. The summed E-state index contributed by atoms with van der Waals surface area (Å²) in [5.41, 5.74) is 0. The first-order chi connectivity index (χ1) is 5.18. The predicted octanol–water partition coefficient (Wildman–Crippen LogP) is 4.84. The summed E-state index contributed by atoms with van der Waals surface area (Å²) in [5, 5.41) is 0.587. The van der Waals surface area contributed by atoms with E-state index in [1.807, 2.05) is 0 Å². The largest absolute Gasteiger partial charge is 0.121 e. The molecule has 0 bridgehead atoms. The number of hydrogen-bond acceptors (Lipinski definition) is 0. The molecule has 11 heavy (non-hydrogen) atoms. The van der Waals surface area contributed by atoms with Gasteiger partial charge in [-0.1, -0.05) is 61.0 Å². The van der Waals surface area contributed by atoms with Crippen LogP contribution in [0.3, 0.4) is 0 Å². The van der Waals surface area contributed by atoms with Gasteiger partial charge in [-0.05, 0) is 12.8 Å². The summed E-state index contributed by atoms with van der Waals surface area (Å²) in [4.78, 5) is 0. The van der Waals surface area contributed by atoms with E-state index >= 15 is 0 Å². The van der Waals surface area contributed by atoms with Crippen LogP contribution < -0.4 is 0 Å². The van der Waals surface area contributed by atoms with Gasteiger partial charge in [0.1, 0.15) is 4.49 Å². The summed E-state index contributed by atoms with van der Waals surface area (Å²) in [6.45, 7) is 2.17. The molecule has 0 amide bonds. The van der Waals surface area contributed by atoms with Crippen molar-refractivity contribution in [3.8, 4) is 0 Å². The van der Waals surface area contributed by atoms with Gasteiger partial charge in [0.15, 0.2) is 0 Å². The molecule has 0 aliphatic heterocycles. The van der Waals surface area contributed by atoms with Crippen LogP contribution in [0.15, 0.2) is 9.52 Å². The molecule has 66 valence electrons. The Labute approximate surface area is 83.5 Å². The van der Waals surface area contributed by atoms with Gasteiger partial charge in [0, 0.05) is 5.03 Å². The van der Waals surface area contributed by atoms with Crippen LogP contribution in [0.1, 0.15) is 39.0 Å². The second kappa shape index (κ2) is 7.27. The molecule has 0 saturated carbocycles. The molecule has 0 aromatic heterocycles. The van der Waals surface area contributed by atoms with E-state index in [-0.39, 0.29) is 4.49 Å². The third kappa shape index (κ3) is 6.99. The zero-order chi connectivity index (χ0) is 8.69. The molecule has 0 aromatic carbocycles. The van der Waals surface area contributed by atoms with Gasteiger partial charge in [-0.2, -0.15) is 0 Å². The average Bonchev–Trinajstić information content (AvgIpc) is 1.97. The van der Waals surface area contributed by atoms with E-state index in [0.717, 1.165) is 12.8 Å². The monoisotopic (exact) mass is 214 g/mol. The minimum Gasteiger partial charge on any atom is -0.0866 e. The molecule has 0 atom stereocenters. The average molecular weight is 216 g/mol. The van der Waals surface area contributed by atoms with Crippen molar-refractivity contribution >= 4 is 34.8 Å². The molecule has 0 aliphatic carbocycles. The van der Waals surface area contributed by atoms with Crippen LogP contribution in [0.4, 0.5) is 0 Å². The van der Waals surface area contributed by atoms with Gasteiger partial charge in [0.05, 0.1) is 0 Å². The zero-order valence-electron chi connectivity index (χ0n) is 6.67. The Balaban J connectivity index is 3.32. The second-order valence-corrected chi connectivity index (χ2v) is 3.88. The summed E-state index contributed by atoms with van der Waals surface area (Å²) in [6, 6.07) is 0. The first-order valence-electron chi connectivity index (χ1n) is 3.88. The third-order valence-electron chi connectivity index (χ3n) is 1.45. The molecular formula is C8H13Cl3. The Morgan fingerprint density at radius 1 is 1.00 bits per heavy atom. The minimum atomic E-state index is 0.211. The molecule has 0 aromatic rings. The topological polar surface area (TPSA) is 0 Å². The molecule has 0 rings (SSSR count). The molecule has 3 heteroatoms. The highest BCUT2D eigenvalue weighted by Crippen LogP contribution is 2.22. The minimum absolute atomic E-state index is 0.211. The SMILES string of the molecule is CCCCCCC(Cl)=C(Cl)Cl. The van der Waals surface area contributed by atoms with Crippen molar-refractivity contribution in [3.63, 3.8) is 0 Å². The Kier molecular flexibility index (Phi) is 7.67. The Morgan fingerprint density at radius 2 is 1.64 bits per heavy atom. The van der Waals surface area contributed by atoms with Crippen molar-refractivity contribution in [2.24, 2.45) is 0 Å². The van der Waals surface area contributed by atoms with Crippen LogP contribution in [0, 0.1) is 0 Å². The first kappa shape index (κ1) is 11.6. The van der Waals surface area contributed by atoms with E-state index in [9.17, 15) is 0 Å². The maximum Gasteiger partial charge on any atom is 0.121 e. The van der Waals surface area contributed by atoms with Crippen molar-refractivity contribution in [2.75, 3.05) is 0 Å². The molecule has 0 N–H and O–H groups in total. The third-order valence-corrected chi connectivity index (χ3v) is 2.48. The van der Waals surface area contributed by atoms with Gasteiger partial charge in [-0.3, -0.25) is 0 Å². The van der Waals surface area contributed by atoms with Crippen LogP contribution in [-0.2, 0) is 0 Å². The molecule has 0 aliphatic rings. The normalized spacial score (nSPS) is 9.82. The van der Waals surface area contributed by atoms with Crippen LogP contribution >= 0.6 is 34.8 Å². The van der Waals surface area contributed by atoms with Crippen LogP contribution in [0.5, 0.6) is 0 Å². The highest BCUT2D eigenvalue weighted by molar-refractivity contribution is 6.59. The van der Waals surface area contributed by atoms with Crippen molar-refractivity contribution in [1.29, 1.82) is 0 Å². The predicted molar refractivity (Wildman–Crippen MR) is 53.3 cm³/mol. The summed E-state index contributed by atoms with van der Waals surface area (Å²) < 4.78 is 0.211. The quantitative estimate of drug-likeness (QED) is 0.576. The fraction of sp³-hybridized carbons (Fsp3) is 0.750. The molecule has 0 fully saturated rings. The van der Waals surface area contributed by atoms with Crippen LogP contribution in [0.25, 0.3) is 0 Å². The summed E-state index contributed by atoms with van der Waals surface area (Å²) in [7, 11) is 0. The molecule has 0 saturated heterocycles. The summed E-state index contributed by atoms with van der Waals surface area (Å²) in [5.74, 6) is 0. The highest BCUT2D eigenvalue weighted by Gasteiger charge is 1.97. The van der Waals surface area contributed by atoms with E-state index in [1.54, 1.807) is 0 Å². The van der Waals surface area contributed by atoms with Gasteiger partial charge < -0.3 is 0 Å². The maximum atomic E-state index is 5.71. The van der Waals surface area contributed by atoms with Crippen molar-refractivity contribution in [2.45, 2.75) is 39.0 Å². The van der Waals surface area contributed by atoms with Crippen LogP contribution in [0.2, 0.25) is 0 Å². The standard InChI is InChI=1S/C8H13Cl3/c1-2-3-4-5-6-7(9)8(10)11/h2-6H2,1H3. The van der Waals surface area contributed by atoms with Gasteiger partial charge in [0.2, 0.25) is 0 Å². The lowest BCUT2D eigenvalue weighted by molar-refractivity contribution is 0.671. The molecule has 0 heterocycles. The van der Waals surface area contributed by atoms with Crippen molar-refractivity contribution < 1.29 is 0 Å². The smallest absolute Gasteiger partial charge is 0.0866 e. The van der Waals surface area contributed by atoms with E-state index in [0.29, 0.717) is 5.03 Å². The molecule has 0 radical (unpaired) electrons. The van der Waals surface area contributed by atoms with Crippen molar-refractivity contribution in [1.82, 2.24) is 0 Å². The Bertz CT molecular complexity index is 125. The van der Waals surface area contributed by atoms with Crippen LogP contribution in [-0.4, -0.2) is 0 Å². The van der Waals surface area contributed by atoms with Gasteiger partial charge in [0.25, 0.3) is 0 Å². The molecular weight excluding hydrogens is 202 g/mol. The van der Waals surface area contributed by atoms with Crippen molar-refractivity contribution in [3.05, 3.63) is 9.52 Å². The lowest BCUT2D eigenvalue weighted by atomic mass is 10.1. The summed E-state index contributed by atoms with van der Waals surface area (Å²) >= 11 is 16.6.